The number of rotatable bonds is 4. The molecule has 0 atom stereocenters. The number of hydrogen-bond donors (Lipinski definition) is 1. The van der Waals surface area contributed by atoms with Crippen molar-refractivity contribution in [3.63, 3.8) is 0 Å². The molecule has 0 aromatic heterocycles. The maximum absolute atomic E-state index is 13.9. The predicted molar refractivity (Wildman–Crippen MR) is 100 cm³/mol. The van der Waals surface area contributed by atoms with E-state index in [0.717, 1.165) is 18.9 Å². The molecule has 4 nitrogen and oxygen atoms in total. The topological polar surface area (TPSA) is 49.4 Å². The molecule has 1 N–H and O–H groups in total. The number of anilines is 1. The Labute approximate surface area is 157 Å². The van der Waals surface area contributed by atoms with Gasteiger partial charge in [-0.05, 0) is 42.5 Å². The minimum Gasteiger partial charge on any atom is -0.343 e. The van der Waals surface area contributed by atoms with Gasteiger partial charge in [0.05, 0.1) is 0 Å². The van der Waals surface area contributed by atoms with E-state index in [1.165, 1.54) is 12.1 Å². The molecule has 0 radical (unpaired) electrons. The molecule has 6 heteroatoms. The van der Waals surface area contributed by atoms with E-state index < -0.39 is 11.6 Å². The van der Waals surface area contributed by atoms with Gasteiger partial charge in [-0.1, -0.05) is 24.3 Å². The second kappa shape index (κ2) is 8.29. The van der Waals surface area contributed by atoms with Crippen LogP contribution in [0.3, 0.4) is 0 Å². The predicted octanol–water partition coefficient (Wildman–Crippen LogP) is 4.22. The molecule has 0 aliphatic carbocycles. The number of benzene rings is 2. The van der Waals surface area contributed by atoms with E-state index in [2.05, 4.69) is 5.32 Å². The first-order valence-electron chi connectivity index (χ1n) is 9.04. The fourth-order valence-corrected chi connectivity index (χ4v) is 3.39. The smallest absolute Gasteiger partial charge is 0.224 e. The van der Waals surface area contributed by atoms with E-state index in [9.17, 15) is 18.4 Å². The second-order valence-electron chi connectivity index (χ2n) is 6.88. The summed E-state index contributed by atoms with van der Waals surface area (Å²) in [6.07, 6.45) is 2.06. The van der Waals surface area contributed by atoms with Crippen molar-refractivity contribution >= 4 is 17.5 Å². The summed E-state index contributed by atoms with van der Waals surface area (Å²) in [6, 6.07) is 10.7. The quantitative estimate of drug-likeness (QED) is 0.874. The standard InChI is InChI=1S/C21H22F2N2O2/c1-14(26)25-11-9-15(10-12-25)13-20(27)24-17-7-5-16(6-8-17)18-3-2-4-19(22)21(18)23/h2-8,15H,9-13H2,1H3,(H,24,27). The Balaban J connectivity index is 1.56. The van der Waals surface area contributed by atoms with Gasteiger partial charge < -0.3 is 10.2 Å². The average molecular weight is 372 g/mol. The lowest BCUT2D eigenvalue weighted by atomic mass is 9.93. The molecule has 1 aliphatic heterocycles. The Kier molecular flexibility index (Phi) is 5.84. The SMILES string of the molecule is CC(=O)N1CCC(CC(=O)Nc2ccc(-c3cccc(F)c3F)cc2)CC1. The lowest BCUT2D eigenvalue weighted by Gasteiger charge is -2.30. The van der Waals surface area contributed by atoms with Crippen LogP contribution in [0.2, 0.25) is 0 Å². The highest BCUT2D eigenvalue weighted by molar-refractivity contribution is 5.91. The molecule has 0 spiro atoms. The van der Waals surface area contributed by atoms with E-state index in [-0.39, 0.29) is 23.3 Å². The van der Waals surface area contributed by atoms with Crippen molar-refractivity contribution in [2.45, 2.75) is 26.2 Å². The summed E-state index contributed by atoms with van der Waals surface area (Å²) in [5.74, 6) is -1.51. The highest BCUT2D eigenvalue weighted by Crippen LogP contribution is 2.26. The molecule has 0 unspecified atom stereocenters. The van der Waals surface area contributed by atoms with Gasteiger partial charge in [-0.3, -0.25) is 9.59 Å². The molecule has 2 aromatic rings. The molecule has 3 rings (SSSR count). The van der Waals surface area contributed by atoms with E-state index in [1.54, 1.807) is 36.1 Å². The van der Waals surface area contributed by atoms with Gasteiger partial charge in [0.1, 0.15) is 0 Å². The van der Waals surface area contributed by atoms with Crippen LogP contribution in [0.4, 0.5) is 14.5 Å². The third kappa shape index (κ3) is 4.70. The van der Waals surface area contributed by atoms with Gasteiger partial charge >= 0.3 is 0 Å². The van der Waals surface area contributed by atoms with Gasteiger partial charge in [-0.2, -0.15) is 0 Å². The zero-order chi connectivity index (χ0) is 19.4. The number of piperidine rings is 1. The second-order valence-corrected chi connectivity index (χ2v) is 6.88. The van der Waals surface area contributed by atoms with Gasteiger partial charge in [-0.15, -0.1) is 0 Å². The number of amides is 2. The first kappa shape index (κ1) is 19.0. The van der Waals surface area contributed by atoms with Crippen molar-refractivity contribution < 1.29 is 18.4 Å². The largest absolute Gasteiger partial charge is 0.343 e. The molecule has 1 fully saturated rings. The average Bonchev–Trinajstić information content (AvgIpc) is 2.65. The Morgan fingerprint density at radius 3 is 2.37 bits per heavy atom. The minimum atomic E-state index is -0.888. The van der Waals surface area contributed by atoms with Crippen LogP contribution in [-0.2, 0) is 9.59 Å². The van der Waals surface area contributed by atoms with Crippen LogP contribution in [-0.4, -0.2) is 29.8 Å². The molecule has 1 heterocycles. The molecular formula is C21H22F2N2O2. The third-order valence-corrected chi connectivity index (χ3v) is 4.97. The Morgan fingerprint density at radius 1 is 1.07 bits per heavy atom. The molecular weight excluding hydrogens is 350 g/mol. The highest BCUT2D eigenvalue weighted by atomic mass is 19.2. The lowest BCUT2D eigenvalue weighted by Crippen LogP contribution is -2.37. The highest BCUT2D eigenvalue weighted by Gasteiger charge is 2.22. The van der Waals surface area contributed by atoms with Crippen molar-refractivity contribution in [2.24, 2.45) is 5.92 Å². The molecule has 1 saturated heterocycles. The number of likely N-dealkylation sites (tertiary alicyclic amines) is 1. The first-order chi connectivity index (χ1) is 12.9. The summed E-state index contributed by atoms with van der Waals surface area (Å²) in [4.78, 5) is 25.4. The molecule has 142 valence electrons. The normalized spacial score (nSPS) is 14.9. The number of hydrogen-bond acceptors (Lipinski definition) is 2. The van der Waals surface area contributed by atoms with Gasteiger partial charge in [-0.25, -0.2) is 8.78 Å². The Morgan fingerprint density at radius 2 is 1.74 bits per heavy atom. The number of nitrogens with one attached hydrogen (secondary N) is 1. The van der Waals surface area contributed by atoms with Crippen LogP contribution < -0.4 is 5.32 Å². The molecule has 2 aromatic carbocycles. The van der Waals surface area contributed by atoms with Crippen LogP contribution in [0.15, 0.2) is 42.5 Å². The maximum atomic E-state index is 13.9. The van der Waals surface area contributed by atoms with Gasteiger partial charge in [0.2, 0.25) is 11.8 Å². The van der Waals surface area contributed by atoms with Crippen molar-refractivity contribution in [3.8, 4) is 11.1 Å². The third-order valence-electron chi connectivity index (χ3n) is 4.97. The number of carbonyl (C=O) groups is 2. The van der Waals surface area contributed by atoms with E-state index in [4.69, 9.17) is 0 Å². The molecule has 1 aliphatic rings. The molecule has 2 amide bonds. The maximum Gasteiger partial charge on any atom is 0.224 e. The Bertz CT molecular complexity index is 829. The number of halogens is 2. The van der Waals surface area contributed by atoms with E-state index in [0.29, 0.717) is 30.8 Å². The molecule has 0 saturated carbocycles. The summed E-state index contributed by atoms with van der Waals surface area (Å²) in [5.41, 5.74) is 1.34. The van der Waals surface area contributed by atoms with Crippen molar-refractivity contribution in [1.82, 2.24) is 4.90 Å². The summed E-state index contributed by atoms with van der Waals surface area (Å²) in [7, 11) is 0. The Hall–Kier alpha value is -2.76. The number of nitrogens with zero attached hydrogens (tertiary/aromatic N) is 1. The fraction of sp³-hybridized carbons (Fsp3) is 0.333. The zero-order valence-corrected chi connectivity index (χ0v) is 15.2. The summed E-state index contributed by atoms with van der Waals surface area (Å²) in [5, 5.41) is 2.84. The van der Waals surface area contributed by atoms with Crippen LogP contribution in [0.1, 0.15) is 26.2 Å². The summed E-state index contributed by atoms with van der Waals surface area (Å²) >= 11 is 0. The monoisotopic (exact) mass is 372 g/mol. The van der Waals surface area contributed by atoms with Crippen LogP contribution >= 0.6 is 0 Å². The van der Waals surface area contributed by atoms with Crippen molar-refractivity contribution in [2.75, 3.05) is 18.4 Å². The van der Waals surface area contributed by atoms with Gasteiger partial charge in [0.15, 0.2) is 11.6 Å². The zero-order valence-electron chi connectivity index (χ0n) is 15.2. The van der Waals surface area contributed by atoms with Crippen LogP contribution in [0.5, 0.6) is 0 Å². The molecule has 0 bridgehead atoms. The summed E-state index contributed by atoms with van der Waals surface area (Å²) < 4.78 is 27.2. The number of carbonyl (C=O) groups excluding carboxylic acids is 2. The van der Waals surface area contributed by atoms with Crippen LogP contribution in [0, 0.1) is 17.6 Å². The van der Waals surface area contributed by atoms with Crippen molar-refractivity contribution in [1.29, 1.82) is 0 Å². The fourth-order valence-electron chi connectivity index (χ4n) is 3.39. The summed E-state index contributed by atoms with van der Waals surface area (Å²) in [6.45, 7) is 2.95. The van der Waals surface area contributed by atoms with Crippen LogP contribution in [0.25, 0.3) is 11.1 Å². The first-order valence-corrected chi connectivity index (χ1v) is 9.04. The van der Waals surface area contributed by atoms with Gasteiger partial charge in [0, 0.05) is 37.7 Å². The van der Waals surface area contributed by atoms with Gasteiger partial charge in [0.25, 0.3) is 0 Å². The van der Waals surface area contributed by atoms with E-state index in [1.807, 2.05) is 0 Å². The lowest BCUT2D eigenvalue weighted by molar-refractivity contribution is -0.130. The molecule has 27 heavy (non-hydrogen) atoms. The van der Waals surface area contributed by atoms with E-state index >= 15 is 0 Å². The van der Waals surface area contributed by atoms with Crippen molar-refractivity contribution in [3.05, 3.63) is 54.1 Å². The minimum absolute atomic E-state index is 0.0766.